The molecule has 2 aromatic carbocycles. The Morgan fingerprint density at radius 3 is 2.50 bits per heavy atom. The Morgan fingerprint density at radius 2 is 1.72 bits per heavy atom. The van der Waals surface area contributed by atoms with Gasteiger partial charge in [-0.2, -0.15) is 0 Å². The number of fused-ring (bicyclic) bond motifs is 1. The molecule has 0 bridgehead atoms. The molecule has 7 nitrogen and oxygen atoms in total. The molecule has 2 aromatic heterocycles. The van der Waals surface area contributed by atoms with Crippen molar-refractivity contribution in [1.82, 2.24) is 19.2 Å². The fraction of sp³-hybridized carbons (Fsp3) is 0.241. The van der Waals surface area contributed by atoms with Crippen LogP contribution in [-0.4, -0.2) is 44.0 Å². The number of hydrogen-bond acceptors (Lipinski definition) is 4. The molecule has 1 saturated heterocycles. The predicted molar refractivity (Wildman–Crippen MR) is 136 cm³/mol. The van der Waals surface area contributed by atoms with Gasteiger partial charge in [0.25, 0.3) is 0 Å². The maximum absolute atomic E-state index is 14.0. The van der Waals surface area contributed by atoms with Crippen LogP contribution >= 0.6 is 0 Å². The van der Waals surface area contributed by atoms with Crippen molar-refractivity contribution in [2.45, 2.75) is 38.3 Å². The Hall–Kier alpha value is -4.26. The second-order valence-electron chi connectivity index (χ2n) is 9.45. The highest BCUT2D eigenvalue weighted by Gasteiger charge is 2.54. The molecule has 0 aliphatic carbocycles. The van der Waals surface area contributed by atoms with Crippen molar-refractivity contribution >= 4 is 23.4 Å². The Balaban J connectivity index is 1.45. The number of aromatic nitrogens is 2. The number of imidazole rings is 1. The van der Waals surface area contributed by atoms with E-state index in [2.05, 4.69) is 4.98 Å². The minimum Gasteiger partial charge on any atom is -0.340 e. The van der Waals surface area contributed by atoms with Crippen LogP contribution in [0, 0.1) is 6.92 Å². The SMILES string of the molecule is Cc1ccccc1[C@]1(CC(=O)N(C)Cc2cnc3ccccn23)CC(=O)N(Cc2ccccc2)C1=O. The number of hydrogen-bond donors (Lipinski definition) is 0. The van der Waals surface area contributed by atoms with E-state index in [1.165, 1.54) is 4.90 Å². The lowest BCUT2D eigenvalue weighted by atomic mass is 9.74. The first-order chi connectivity index (χ1) is 17.4. The highest BCUT2D eigenvalue weighted by atomic mass is 16.2. The molecular formula is C29H28N4O3. The van der Waals surface area contributed by atoms with Gasteiger partial charge in [0.1, 0.15) is 5.65 Å². The smallest absolute Gasteiger partial charge is 0.241 e. The third-order valence-corrected chi connectivity index (χ3v) is 7.02. The van der Waals surface area contributed by atoms with Gasteiger partial charge in [0.05, 0.1) is 30.4 Å². The van der Waals surface area contributed by atoms with Crippen molar-refractivity contribution in [1.29, 1.82) is 0 Å². The standard InChI is InChI=1S/C29H28N4O3/c1-21-10-6-7-13-24(21)29(17-27(35)33(28(29)36)19-22-11-4-3-5-12-22)16-26(34)31(2)20-23-18-30-25-14-8-9-15-32(23)25/h3-15,18H,16-17,19-20H2,1-2H3/t29-/m0/s1. The van der Waals surface area contributed by atoms with E-state index in [9.17, 15) is 14.4 Å². The summed E-state index contributed by atoms with van der Waals surface area (Å²) in [6.07, 6.45) is 3.55. The molecule has 36 heavy (non-hydrogen) atoms. The van der Waals surface area contributed by atoms with Gasteiger partial charge in [-0.05, 0) is 35.7 Å². The van der Waals surface area contributed by atoms with Crippen molar-refractivity contribution in [2.75, 3.05) is 7.05 Å². The number of aryl methyl sites for hydroxylation is 1. The molecule has 1 aliphatic rings. The molecule has 1 aliphatic heterocycles. The zero-order valence-corrected chi connectivity index (χ0v) is 20.4. The molecule has 4 aromatic rings. The predicted octanol–water partition coefficient (Wildman–Crippen LogP) is 3.89. The van der Waals surface area contributed by atoms with E-state index >= 15 is 0 Å². The topological polar surface area (TPSA) is 75.0 Å². The monoisotopic (exact) mass is 480 g/mol. The summed E-state index contributed by atoms with van der Waals surface area (Å²) in [5.74, 6) is -0.779. The van der Waals surface area contributed by atoms with Crippen molar-refractivity contribution in [3.63, 3.8) is 0 Å². The zero-order valence-electron chi connectivity index (χ0n) is 20.4. The largest absolute Gasteiger partial charge is 0.340 e. The van der Waals surface area contributed by atoms with E-state index < -0.39 is 5.41 Å². The van der Waals surface area contributed by atoms with Crippen LogP contribution in [0.15, 0.2) is 85.2 Å². The van der Waals surface area contributed by atoms with Gasteiger partial charge in [-0.1, -0.05) is 60.7 Å². The summed E-state index contributed by atoms with van der Waals surface area (Å²) in [7, 11) is 1.72. The summed E-state index contributed by atoms with van der Waals surface area (Å²) in [5, 5.41) is 0. The Morgan fingerprint density at radius 1 is 1.00 bits per heavy atom. The first-order valence-electron chi connectivity index (χ1n) is 12.0. The summed E-state index contributed by atoms with van der Waals surface area (Å²) in [5.41, 5.74) is 2.93. The molecule has 3 amide bonds. The molecule has 0 spiro atoms. The Bertz CT molecular complexity index is 1450. The van der Waals surface area contributed by atoms with Crippen LogP contribution in [0.1, 0.15) is 35.2 Å². The first kappa shape index (κ1) is 23.5. The maximum Gasteiger partial charge on any atom is 0.241 e. The van der Waals surface area contributed by atoms with Crippen LogP contribution in [0.4, 0.5) is 0 Å². The average Bonchev–Trinajstić information content (AvgIpc) is 3.39. The molecule has 182 valence electrons. The number of pyridine rings is 1. The molecule has 0 N–H and O–H groups in total. The van der Waals surface area contributed by atoms with Crippen LogP contribution in [-0.2, 0) is 32.9 Å². The van der Waals surface area contributed by atoms with Gasteiger partial charge >= 0.3 is 0 Å². The summed E-state index contributed by atoms with van der Waals surface area (Å²) in [6.45, 7) is 2.45. The third-order valence-electron chi connectivity index (χ3n) is 7.02. The van der Waals surface area contributed by atoms with Gasteiger partial charge in [-0.3, -0.25) is 19.3 Å². The number of amides is 3. The van der Waals surface area contributed by atoms with Crippen LogP contribution < -0.4 is 0 Å². The van der Waals surface area contributed by atoms with Crippen LogP contribution in [0.5, 0.6) is 0 Å². The summed E-state index contributed by atoms with van der Waals surface area (Å²) in [4.78, 5) is 48.1. The van der Waals surface area contributed by atoms with Gasteiger partial charge in [-0.15, -0.1) is 0 Å². The zero-order chi connectivity index (χ0) is 25.3. The van der Waals surface area contributed by atoms with E-state index in [0.29, 0.717) is 6.54 Å². The number of carbonyl (C=O) groups is 3. The number of imide groups is 1. The van der Waals surface area contributed by atoms with Gasteiger partial charge in [-0.25, -0.2) is 4.98 Å². The lowest BCUT2D eigenvalue weighted by molar-refractivity contribution is -0.143. The number of benzene rings is 2. The minimum atomic E-state index is -1.23. The van der Waals surface area contributed by atoms with E-state index in [-0.39, 0.29) is 37.1 Å². The first-order valence-corrected chi connectivity index (χ1v) is 12.0. The lowest BCUT2D eigenvalue weighted by Crippen LogP contribution is -2.43. The van der Waals surface area contributed by atoms with Crippen LogP contribution in [0.2, 0.25) is 0 Å². The highest BCUT2D eigenvalue weighted by molar-refractivity contribution is 6.10. The van der Waals surface area contributed by atoms with E-state index in [1.807, 2.05) is 90.3 Å². The molecular weight excluding hydrogens is 452 g/mol. The molecule has 5 rings (SSSR count). The second-order valence-corrected chi connectivity index (χ2v) is 9.45. The van der Waals surface area contributed by atoms with Crippen molar-refractivity contribution in [3.05, 3.63) is 108 Å². The van der Waals surface area contributed by atoms with Gasteiger partial charge < -0.3 is 9.30 Å². The molecule has 0 unspecified atom stereocenters. The maximum atomic E-state index is 14.0. The quantitative estimate of drug-likeness (QED) is 0.376. The number of carbonyl (C=O) groups excluding carboxylic acids is 3. The minimum absolute atomic E-state index is 0.0291. The third kappa shape index (κ3) is 4.17. The number of nitrogens with zero attached hydrogens (tertiary/aromatic N) is 4. The normalized spacial score (nSPS) is 17.7. The molecule has 3 heterocycles. The van der Waals surface area contributed by atoms with Gasteiger partial charge in [0, 0.05) is 26.1 Å². The number of rotatable bonds is 7. The van der Waals surface area contributed by atoms with Crippen LogP contribution in [0.3, 0.4) is 0 Å². The van der Waals surface area contributed by atoms with E-state index in [0.717, 1.165) is 28.0 Å². The fourth-order valence-electron chi connectivity index (χ4n) is 5.11. The molecule has 1 fully saturated rings. The van der Waals surface area contributed by atoms with Crippen molar-refractivity contribution in [2.24, 2.45) is 0 Å². The lowest BCUT2D eigenvalue weighted by Gasteiger charge is -2.30. The fourth-order valence-corrected chi connectivity index (χ4v) is 5.11. The summed E-state index contributed by atoms with van der Waals surface area (Å²) < 4.78 is 1.94. The molecule has 0 saturated carbocycles. The molecule has 7 heteroatoms. The highest BCUT2D eigenvalue weighted by Crippen LogP contribution is 2.42. The molecule has 1 atom stereocenters. The summed E-state index contributed by atoms with van der Waals surface area (Å²) >= 11 is 0. The van der Waals surface area contributed by atoms with E-state index in [4.69, 9.17) is 0 Å². The van der Waals surface area contributed by atoms with Crippen molar-refractivity contribution in [3.8, 4) is 0 Å². The second kappa shape index (κ2) is 9.41. The Kier molecular flexibility index (Phi) is 6.14. The van der Waals surface area contributed by atoms with Gasteiger partial charge in [0.15, 0.2) is 0 Å². The van der Waals surface area contributed by atoms with E-state index in [1.54, 1.807) is 18.1 Å². The Labute approximate surface area is 210 Å². The molecule has 0 radical (unpaired) electrons. The van der Waals surface area contributed by atoms with Crippen molar-refractivity contribution < 1.29 is 14.4 Å². The van der Waals surface area contributed by atoms with Gasteiger partial charge in [0.2, 0.25) is 17.7 Å². The summed E-state index contributed by atoms with van der Waals surface area (Å²) in [6, 6.07) is 22.7. The number of likely N-dealkylation sites (tertiary alicyclic amines) is 1. The average molecular weight is 481 g/mol. The van der Waals surface area contributed by atoms with Crippen LogP contribution in [0.25, 0.3) is 5.65 Å².